The molecular weight excluding hydrogens is 221 g/mol. The Morgan fingerprint density at radius 2 is 2.18 bits per heavy atom. The van der Waals surface area contributed by atoms with Crippen LogP contribution in [-0.4, -0.2) is 4.98 Å². The molecule has 2 rings (SSSR count). The normalized spacial score (nSPS) is 9.65. The fourth-order valence-corrected chi connectivity index (χ4v) is 1.32. The number of anilines is 1. The fourth-order valence-electron chi connectivity index (χ4n) is 1.32. The lowest BCUT2D eigenvalue weighted by Crippen LogP contribution is -1.93. The minimum absolute atomic E-state index is 0.139. The van der Waals surface area contributed by atoms with Crippen LogP contribution >= 0.6 is 0 Å². The van der Waals surface area contributed by atoms with Crippen LogP contribution in [0, 0.1) is 17.1 Å². The number of halogens is 1. The van der Waals surface area contributed by atoms with E-state index in [4.69, 9.17) is 15.7 Å². The zero-order chi connectivity index (χ0) is 12.3. The molecular formula is C12H8FN3O. The van der Waals surface area contributed by atoms with E-state index in [1.54, 1.807) is 12.1 Å². The molecule has 1 aromatic carbocycles. The van der Waals surface area contributed by atoms with Crippen LogP contribution in [0.4, 0.5) is 10.1 Å². The maximum Gasteiger partial charge on any atom is 0.148 e. The van der Waals surface area contributed by atoms with Crippen LogP contribution in [0.25, 0.3) is 0 Å². The van der Waals surface area contributed by atoms with Gasteiger partial charge in [-0.25, -0.2) is 4.39 Å². The van der Waals surface area contributed by atoms with Crippen molar-refractivity contribution in [1.82, 2.24) is 4.98 Å². The number of ether oxygens (including phenoxy) is 1. The molecule has 2 N–H and O–H groups in total. The molecule has 0 aliphatic heterocycles. The van der Waals surface area contributed by atoms with Crippen molar-refractivity contribution in [3.05, 3.63) is 48.0 Å². The van der Waals surface area contributed by atoms with Gasteiger partial charge in [-0.3, -0.25) is 4.98 Å². The predicted molar refractivity (Wildman–Crippen MR) is 59.8 cm³/mol. The lowest BCUT2D eigenvalue weighted by atomic mass is 10.2. The van der Waals surface area contributed by atoms with E-state index in [1.807, 2.05) is 0 Å². The predicted octanol–water partition coefficient (Wildman–Crippen LogP) is 2.47. The minimum atomic E-state index is -0.623. The van der Waals surface area contributed by atoms with Crippen molar-refractivity contribution in [3.8, 4) is 17.6 Å². The van der Waals surface area contributed by atoms with E-state index in [-0.39, 0.29) is 11.3 Å². The van der Waals surface area contributed by atoms with Crippen molar-refractivity contribution in [3.63, 3.8) is 0 Å². The molecule has 4 nitrogen and oxygen atoms in total. The first-order chi connectivity index (χ1) is 8.20. The molecule has 0 radical (unpaired) electrons. The summed E-state index contributed by atoms with van der Waals surface area (Å²) in [6.07, 6.45) is 2.89. The van der Waals surface area contributed by atoms with E-state index in [9.17, 15) is 4.39 Å². The highest BCUT2D eigenvalue weighted by atomic mass is 19.1. The zero-order valence-electron chi connectivity index (χ0n) is 8.72. The van der Waals surface area contributed by atoms with Gasteiger partial charge in [0.05, 0.1) is 18.1 Å². The molecule has 0 spiro atoms. The van der Waals surface area contributed by atoms with Gasteiger partial charge in [0.15, 0.2) is 0 Å². The number of nitrogens with zero attached hydrogens (tertiary/aromatic N) is 2. The van der Waals surface area contributed by atoms with Gasteiger partial charge in [-0.05, 0) is 12.1 Å². The van der Waals surface area contributed by atoms with Gasteiger partial charge < -0.3 is 10.5 Å². The summed E-state index contributed by atoms with van der Waals surface area (Å²) in [6.45, 7) is 0. The van der Waals surface area contributed by atoms with Gasteiger partial charge in [0.1, 0.15) is 28.9 Å². The third-order valence-electron chi connectivity index (χ3n) is 2.05. The highest BCUT2D eigenvalue weighted by Crippen LogP contribution is 2.26. The molecule has 0 unspecified atom stereocenters. The second kappa shape index (κ2) is 4.49. The van der Waals surface area contributed by atoms with Gasteiger partial charge >= 0.3 is 0 Å². The van der Waals surface area contributed by atoms with Crippen molar-refractivity contribution < 1.29 is 9.13 Å². The standard InChI is InChI=1S/C12H8FN3O/c13-11-2-1-3-12(10(11)5-14)17-9-4-8(15)6-16-7-9/h1-4,6-7H,15H2. The second-order valence-corrected chi connectivity index (χ2v) is 3.28. The highest BCUT2D eigenvalue weighted by molar-refractivity contribution is 5.47. The van der Waals surface area contributed by atoms with E-state index >= 15 is 0 Å². The van der Waals surface area contributed by atoms with Crippen LogP contribution in [0.2, 0.25) is 0 Å². The molecule has 0 saturated carbocycles. The third-order valence-corrected chi connectivity index (χ3v) is 2.05. The van der Waals surface area contributed by atoms with Crippen LogP contribution in [0.3, 0.4) is 0 Å². The SMILES string of the molecule is N#Cc1c(F)cccc1Oc1cncc(N)c1. The molecule has 1 aromatic heterocycles. The van der Waals surface area contributed by atoms with E-state index in [0.29, 0.717) is 11.4 Å². The summed E-state index contributed by atoms with van der Waals surface area (Å²) in [7, 11) is 0. The summed E-state index contributed by atoms with van der Waals surface area (Å²) in [5, 5.41) is 8.82. The maximum atomic E-state index is 13.3. The first-order valence-corrected chi connectivity index (χ1v) is 4.77. The number of hydrogen-bond donors (Lipinski definition) is 1. The minimum Gasteiger partial charge on any atom is -0.454 e. The van der Waals surface area contributed by atoms with E-state index in [1.165, 1.54) is 30.6 Å². The molecule has 17 heavy (non-hydrogen) atoms. The van der Waals surface area contributed by atoms with Crippen molar-refractivity contribution in [2.45, 2.75) is 0 Å². The lowest BCUT2D eigenvalue weighted by molar-refractivity contribution is 0.472. The summed E-state index contributed by atoms with van der Waals surface area (Å²) in [5.41, 5.74) is 5.82. The van der Waals surface area contributed by atoms with Crippen LogP contribution < -0.4 is 10.5 Å². The highest BCUT2D eigenvalue weighted by Gasteiger charge is 2.09. The smallest absolute Gasteiger partial charge is 0.148 e. The average molecular weight is 229 g/mol. The molecule has 0 atom stereocenters. The monoisotopic (exact) mass is 229 g/mol. The van der Waals surface area contributed by atoms with Gasteiger partial charge in [0.2, 0.25) is 0 Å². The number of nitrogens with two attached hydrogens (primary N) is 1. The van der Waals surface area contributed by atoms with Gasteiger partial charge in [0.25, 0.3) is 0 Å². The van der Waals surface area contributed by atoms with Crippen LogP contribution in [0.15, 0.2) is 36.7 Å². The summed E-state index contributed by atoms with van der Waals surface area (Å²) >= 11 is 0. The molecule has 1 heterocycles. The summed E-state index contributed by atoms with van der Waals surface area (Å²) < 4.78 is 18.6. The molecule has 0 saturated heterocycles. The molecule has 2 aromatic rings. The summed E-state index contributed by atoms with van der Waals surface area (Å²) in [4.78, 5) is 3.83. The molecule has 0 amide bonds. The largest absolute Gasteiger partial charge is 0.454 e. The van der Waals surface area contributed by atoms with Crippen molar-refractivity contribution >= 4 is 5.69 Å². The first-order valence-electron chi connectivity index (χ1n) is 4.77. The van der Waals surface area contributed by atoms with Gasteiger partial charge in [-0.2, -0.15) is 5.26 Å². The van der Waals surface area contributed by atoms with E-state index in [2.05, 4.69) is 4.98 Å². The Kier molecular flexibility index (Phi) is 2.88. The number of aromatic nitrogens is 1. The van der Waals surface area contributed by atoms with Crippen LogP contribution in [0.1, 0.15) is 5.56 Å². The average Bonchev–Trinajstić information content (AvgIpc) is 2.29. The lowest BCUT2D eigenvalue weighted by Gasteiger charge is -2.07. The number of pyridine rings is 1. The number of hydrogen-bond acceptors (Lipinski definition) is 4. The number of benzene rings is 1. The number of nitriles is 1. The van der Waals surface area contributed by atoms with Gasteiger partial charge in [-0.15, -0.1) is 0 Å². The second-order valence-electron chi connectivity index (χ2n) is 3.28. The quantitative estimate of drug-likeness (QED) is 0.858. The molecule has 0 bridgehead atoms. The van der Waals surface area contributed by atoms with Gasteiger partial charge in [0, 0.05) is 6.07 Å². The molecule has 0 aliphatic rings. The number of rotatable bonds is 2. The van der Waals surface area contributed by atoms with E-state index in [0.717, 1.165) is 0 Å². The zero-order valence-corrected chi connectivity index (χ0v) is 8.72. The number of nitrogen functional groups attached to an aromatic ring is 1. The first kappa shape index (κ1) is 10.9. The molecule has 84 valence electrons. The van der Waals surface area contributed by atoms with Crippen LogP contribution in [0.5, 0.6) is 11.5 Å². The molecule has 5 heteroatoms. The Labute approximate surface area is 97.1 Å². The Morgan fingerprint density at radius 1 is 1.35 bits per heavy atom. The van der Waals surface area contributed by atoms with Crippen molar-refractivity contribution in [2.75, 3.05) is 5.73 Å². The Bertz CT molecular complexity index is 593. The van der Waals surface area contributed by atoms with Crippen LogP contribution in [-0.2, 0) is 0 Å². The summed E-state index contributed by atoms with van der Waals surface area (Å²) in [5.74, 6) is -0.131. The molecule has 0 aliphatic carbocycles. The van der Waals surface area contributed by atoms with Gasteiger partial charge in [-0.1, -0.05) is 6.07 Å². The summed E-state index contributed by atoms with van der Waals surface area (Å²) in [6, 6.07) is 7.45. The third kappa shape index (κ3) is 2.32. The Hall–Kier alpha value is -2.61. The van der Waals surface area contributed by atoms with Crippen molar-refractivity contribution in [2.24, 2.45) is 0 Å². The Balaban J connectivity index is 2.37. The van der Waals surface area contributed by atoms with E-state index < -0.39 is 5.82 Å². The molecule has 0 fully saturated rings. The fraction of sp³-hybridized carbons (Fsp3) is 0. The Morgan fingerprint density at radius 3 is 2.88 bits per heavy atom. The van der Waals surface area contributed by atoms with Crippen molar-refractivity contribution in [1.29, 1.82) is 5.26 Å². The maximum absolute atomic E-state index is 13.3. The topological polar surface area (TPSA) is 71.9 Å².